The normalized spacial score (nSPS) is 22.7. The van der Waals surface area contributed by atoms with Gasteiger partial charge < -0.3 is 4.90 Å². The molecular weight excluding hydrogens is 286 g/mol. The third kappa shape index (κ3) is 4.77. The van der Waals surface area contributed by atoms with Crippen molar-refractivity contribution >= 4 is 11.6 Å². The molecule has 2 aliphatic rings. The van der Waals surface area contributed by atoms with E-state index >= 15 is 0 Å². The van der Waals surface area contributed by atoms with Gasteiger partial charge in [0.1, 0.15) is 5.84 Å². The van der Waals surface area contributed by atoms with Crippen molar-refractivity contribution in [3.05, 3.63) is 23.9 Å². The van der Waals surface area contributed by atoms with Crippen LogP contribution < -0.4 is 0 Å². The molecule has 1 aliphatic heterocycles. The van der Waals surface area contributed by atoms with Gasteiger partial charge in [-0.05, 0) is 33.6 Å². The van der Waals surface area contributed by atoms with E-state index in [4.69, 9.17) is 0 Å². The summed E-state index contributed by atoms with van der Waals surface area (Å²) in [6.07, 6.45) is 8.55. The van der Waals surface area contributed by atoms with Crippen LogP contribution >= 0.6 is 0 Å². The molecule has 1 saturated heterocycles. The van der Waals surface area contributed by atoms with Gasteiger partial charge in [-0.15, -0.1) is 0 Å². The van der Waals surface area contributed by atoms with Crippen LogP contribution in [0.1, 0.15) is 52.9 Å². The number of carbonyl (C=O) groups excluding carboxylic acids is 1. The van der Waals surface area contributed by atoms with Crippen molar-refractivity contribution in [2.75, 3.05) is 26.2 Å². The predicted octanol–water partition coefficient (Wildman–Crippen LogP) is 3.40. The fourth-order valence-corrected chi connectivity index (χ4v) is 3.78. The lowest BCUT2D eigenvalue weighted by Gasteiger charge is -2.41. The van der Waals surface area contributed by atoms with Crippen LogP contribution in [0.15, 0.2) is 28.9 Å². The average molecular weight is 317 g/mol. The number of rotatable bonds is 4. The summed E-state index contributed by atoms with van der Waals surface area (Å²) in [5, 5.41) is 0. The first kappa shape index (κ1) is 17.9. The second-order valence-corrected chi connectivity index (χ2v) is 6.73. The highest BCUT2D eigenvalue weighted by atomic mass is 16.1. The Morgan fingerprint density at radius 1 is 1.04 bits per heavy atom. The van der Waals surface area contributed by atoms with Gasteiger partial charge in [-0.1, -0.05) is 31.9 Å². The number of Topliss-reactive ketones (excluding diaryl/α,β-unsaturated/α-hetero) is 1. The Bertz CT molecular complexity index is 493. The molecule has 1 aliphatic carbocycles. The maximum absolute atomic E-state index is 11.6. The predicted molar refractivity (Wildman–Crippen MR) is 96.7 cm³/mol. The van der Waals surface area contributed by atoms with E-state index in [0.29, 0.717) is 5.57 Å². The van der Waals surface area contributed by atoms with Crippen molar-refractivity contribution in [3.63, 3.8) is 0 Å². The maximum Gasteiger partial charge on any atom is 0.161 e. The first-order valence-corrected chi connectivity index (χ1v) is 8.91. The molecule has 2 fully saturated rings. The summed E-state index contributed by atoms with van der Waals surface area (Å²) in [6, 6.07) is 0.801. The standard InChI is InChI=1S/C19H31N3O/c1-5-19(16(3)23)15(2)20-17(4)21-11-13-22(14-12-21)18-9-7-6-8-10-18/h5,18H,1,6-14H2,2-4H3/b19-15-,20-17?. The lowest BCUT2D eigenvalue weighted by Crippen LogP contribution is -2.51. The number of hydrogen-bond acceptors (Lipinski definition) is 3. The van der Waals surface area contributed by atoms with Gasteiger partial charge >= 0.3 is 0 Å². The fourth-order valence-electron chi connectivity index (χ4n) is 3.78. The van der Waals surface area contributed by atoms with Gasteiger partial charge in [-0.25, -0.2) is 4.99 Å². The third-order valence-electron chi connectivity index (χ3n) is 5.17. The summed E-state index contributed by atoms with van der Waals surface area (Å²) >= 11 is 0. The van der Waals surface area contributed by atoms with Crippen molar-refractivity contribution in [1.29, 1.82) is 0 Å². The first-order chi connectivity index (χ1) is 11.0. The van der Waals surface area contributed by atoms with Crippen molar-refractivity contribution < 1.29 is 4.79 Å². The number of carbonyl (C=O) groups is 1. The molecule has 0 aromatic rings. The van der Waals surface area contributed by atoms with Gasteiger partial charge in [0.2, 0.25) is 0 Å². The van der Waals surface area contributed by atoms with Crippen molar-refractivity contribution in [2.24, 2.45) is 4.99 Å². The van der Waals surface area contributed by atoms with Crippen LogP contribution in [0.4, 0.5) is 0 Å². The largest absolute Gasteiger partial charge is 0.358 e. The van der Waals surface area contributed by atoms with Gasteiger partial charge in [-0.3, -0.25) is 9.69 Å². The summed E-state index contributed by atoms with van der Waals surface area (Å²) in [4.78, 5) is 21.2. The Hall–Kier alpha value is -1.42. The molecule has 0 radical (unpaired) electrons. The summed E-state index contributed by atoms with van der Waals surface area (Å²) < 4.78 is 0. The lowest BCUT2D eigenvalue weighted by molar-refractivity contribution is -0.113. The Morgan fingerprint density at radius 2 is 1.65 bits per heavy atom. The molecule has 1 saturated carbocycles. The maximum atomic E-state index is 11.6. The Morgan fingerprint density at radius 3 is 2.17 bits per heavy atom. The Balaban J connectivity index is 1.94. The van der Waals surface area contributed by atoms with Crippen LogP contribution in [0.2, 0.25) is 0 Å². The van der Waals surface area contributed by atoms with Gasteiger partial charge in [0.05, 0.1) is 5.70 Å². The van der Waals surface area contributed by atoms with Gasteiger partial charge in [0.25, 0.3) is 0 Å². The SMILES string of the molecule is C=C/C(C(C)=O)=C(\C)N=C(C)N1CCN(C2CCCCC2)CC1. The van der Waals surface area contributed by atoms with Crippen LogP contribution in [0, 0.1) is 0 Å². The number of hydrogen-bond donors (Lipinski definition) is 0. The van der Waals surface area contributed by atoms with Crippen LogP contribution in [0.3, 0.4) is 0 Å². The Labute approximate surface area is 140 Å². The molecule has 1 heterocycles. The van der Waals surface area contributed by atoms with Gasteiger partial charge in [0, 0.05) is 37.8 Å². The molecule has 0 spiro atoms. The van der Waals surface area contributed by atoms with E-state index in [1.165, 1.54) is 32.1 Å². The highest BCUT2D eigenvalue weighted by Gasteiger charge is 2.25. The lowest BCUT2D eigenvalue weighted by atomic mass is 9.94. The zero-order valence-electron chi connectivity index (χ0n) is 15.0. The molecule has 2 rings (SSSR count). The van der Waals surface area contributed by atoms with E-state index < -0.39 is 0 Å². The highest BCUT2D eigenvalue weighted by Crippen LogP contribution is 2.23. The Kier molecular flexibility index (Phi) is 6.58. The first-order valence-electron chi connectivity index (χ1n) is 8.91. The molecule has 0 bridgehead atoms. The van der Waals surface area contributed by atoms with Crippen LogP contribution in [-0.4, -0.2) is 53.6 Å². The quantitative estimate of drug-likeness (QED) is 0.345. The monoisotopic (exact) mass is 317 g/mol. The minimum absolute atomic E-state index is 0.0242. The van der Waals surface area contributed by atoms with E-state index in [2.05, 4.69) is 21.4 Å². The van der Waals surface area contributed by atoms with Crippen LogP contribution in [0.5, 0.6) is 0 Å². The van der Waals surface area contributed by atoms with E-state index in [1.807, 2.05) is 13.8 Å². The van der Waals surface area contributed by atoms with E-state index in [-0.39, 0.29) is 5.78 Å². The van der Waals surface area contributed by atoms with Crippen LogP contribution in [0.25, 0.3) is 0 Å². The number of nitrogens with zero attached hydrogens (tertiary/aromatic N) is 3. The highest BCUT2D eigenvalue weighted by molar-refractivity contribution is 5.97. The molecule has 0 aromatic carbocycles. The zero-order valence-corrected chi connectivity index (χ0v) is 15.0. The second kappa shape index (κ2) is 8.44. The third-order valence-corrected chi connectivity index (χ3v) is 5.17. The molecule has 4 nitrogen and oxygen atoms in total. The minimum atomic E-state index is 0.0242. The average Bonchev–Trinajstić information content (AvgIpc) is 2.56. The van der Waals surface area contributed by atoms with E-state index in [1.54, 1.807) is 13.0 Å². The molecule has 0 aromatic heterocycles. The number of aliphatic imine (C=N–C) groups is 1. The molecule has 4 heteroatoms. The smallest absolute Gasteiger partial charge is 0.161 e. The number of amidine groups is 1. The molecule has 0 atom stereocenters. The van der Waals surface area contributed by atoms with Gasteiger partial charge in [-0.2, -0.15) is 0 Å². The van der Waals surface area contributed by atoms with Crippen LogP contribution in [-0.2, 0) is 4.79 Å². The van der Waals surface area contributed by atoms with Crippen molar-refractivity contribution in [3.8, 4) is 0 Å². The summed E-state index contributed by atoms with van der Waals surface area (Å²) in [5.41, 5.74) is 1.38. The molecule has 0 unspecified atom stereocenters. The topological polar surface area (TPSA) is 35.9 Å². The number of ketones is 1. The van der Waals surface area contributed by atoms with E-state index in [0.717, 1.165) is 43.8 Å². The summed E-state index contributed by atoms with van der Waals surface area (Å²) in [6.45, 7) is 13.5. The molecule has 23 heavy (non-hydrogen) atoms. The van der Waals surface area contributed by atoms with E-state index in [9.17, 15) is 4.79 Å². The molecular formula is C19H31N3O. The zero-order chi connectivity index (χ0) is 16.8. The molecule has 0 N–H and O–H groups in total. The van der Waals surface area contributed by atoms with Crippen molar-refractivity contribution in [1.82, 2.24) is 9.80 Å². The second-order valence-electron chi connectivity index (χ2n) is 6.73. The molecule has 0 amide bonds. The minimum Gasteiger partial charge on any atom is -0.358 e. The van der Waals surface area contributed by atoms with Crippen molar-refractivity contribution in [2.45, 2.75) is 58.9 Å². The number of piperazine rings is 1. The summed E-state index contributed by atoms with van der Waals surface area (Å²) in [7, 11) is 0. The summed E-state index contributed by atoms with van der Waals surface area (Å²) in [5.74, 6) is 1.03. The molecule has 128 valence electrons. The van der Waals surface area contributed by atoms with Gasteiger partial charge in [0.15, 0.2) is 5.78 Å². The number of allylic oxidation sites excluding steroid dienone is 3. The fraction of sp³-hybridized carbons (Fsp3) is 0.684.